The van der Waals surface area contributed by atoms with Crippen molar-refractivity contribution >= 4 is 0 Å². The number of halogens is 1. The van der Waals surface area contributed by atoms with Gasteiger partial charge in [0.2, 0.25) is 0 Å². The van der Waals surface area contributed by atoms with E-state index in [1.54, 1.807) is 0 Å². The van der Waals surface area contributed by atoms with Crippen LogP contribution in [-0.4, -0.2) is 24.5 Å². The zero-order valence-corrected chi connectivity index (χ0v) is 11.0. The predicted octanol–water partition coefficient (Wildman–Crippen LogP) is 2.95. The first-order chi connectivity index (χ1) is 8.10. The molecule has 3 heteroatoms. The maximum atomic E-state index is 12.9. The van der Waals surface area contributed by atoms with Crippen molar-refractivity contribution in [1.29, 1.82) is 0 Å². The van der Waals surface area contributed by atoms with E-state index in [1.807, 2.05) is 12.1 Å². The smallest absolute Gasteiger partial charge is 0.123 e. The van der Waals surface area contributed by atoms with Gasteiger partial charge in [-0.05, 0) is 38.1 Å². The van der Waals surface area contributed by atoms with Crippen molar-refractivity contribution in [3.05, 3.63) is 35.6 Å². The van der Waals surface area contributed by atoms with Crippen molar-refractivity contribution in [3.8, 4) is 0 Å². The highest BCUT2D eigenvalue weighted by Gasteiger charge is 2.19. The zero-order valence-electron chi connectivity index (χ0n) is 11.0. The molecule has 2 nitrogen and oxygen atoms in total. The zero-order chi connectivity index (χ0) is 12.8. The molecule has 0 fully saturated rings. The number of hydrogen-bond acceptors (Lipinski definition) is 2. The molecule has 0 radical (unpaired) electrons. The van der Waals surface area contributed by atoms with Gasteiger partial charge in [0.05, 0.1) is 0 Å². The highest BCUT2D eigenvalue weighted by molar-refractivity contribution is 5.20. The Morgan fingerprint density at radius 2 is 1.88 bits per heavy atom. The molecule has 0 aliphatic carbocycles. The van der Waals surface area contributed by atoms with E-state index in [4.69, 9.17) is 5.73 Å². The van der Waals surface area contributed by atoms with Crippen LogP contribution in [0.5, 0.6) is 0 Å². The van der Waals surface area contributed by atoms with E-state index in [0.717, 1.165) is 18.4 Å². The lowest BCUT2D eigenvalue weighted by molar-refractivity contribution is 0.179. The first-order valence-corrected chi connectivity index (χ1v) is 6.27. The molecule has 0 aliphatic rings. The minimum absolute atomic E-state index is 0.164. The van der Waals surface area contributed by atoms with Crippen LogP contribution in [0.4, 0.5) is 4.39 Å². The Hall–Kier alpha value is -0.930. The van der Waals surface area contributed by atoms with Crippen molar-refractivity contribution in [3.63, 3.8) is 0 Å². The summed E-state index contributed by atoms with van der Waals surface area (Å²) in [6.07, 6.45) is 2.31. The molecule has 0 amide bonds. The normalized spacial score (nSPS) is 14.9. The molecule has 0 saturated carbocycles. The molecular weight excluding hydrogens is 215 g/mol. The minimum atomic E-state index is -0.200. The minimum Gasteiger partial charge on any atom is -0.329 e. The van der Waals surface area contributed by atoms with E-state index >= 15 is 0 Å². The van der Waals surface area contributed by atoms with E-state index in [-0.39, 0.29) is 11.9 Å². The first kappa shape index (κ1) is 14.1. The van der Waals surface area contributed by atoms with Gasteiger partial charge in [-0.3, -0.25) is 4.90 Å². The fourth-order valence-electron chi connectivity index (χ4n) is 2.15. The summed E-state index contributed by atoms with van der Waals surface area (Å²) in [5, 5.41) is 0. The summed E-state index contributed by atoms with van der Waals surface area (Å²) in [6, 6.07) is 7.28. The third-order valence-electron chi connectivity index (χ3n) is 3.37. The van der Waals surface area contributed by atoms with E-state index in [1.165, 1.54) is 12.1 Å². The van der Waals surface area contributed by atoms with E-state index < -0.39 is 0 Å². The van der Waals surface area contributed by atoms with Crippen molar-refractivity contribution in [2.45, 2.75) is 38.8 Å². The summed E-state index contributed by atoms with van der Waals surface area (Å²) < 4.78 is 12.9. The van der Waals surface area contributed by atoms with E-state index in [9.17, 15) is 4.39 Å². The Kier molecular flexibility index (Phi) is 5.59. The molecule has 2 atom stereocenters. The topological polar surface area (TPSA) is 29.3 Å². The molecule has 1 rings (SSSR count). The van der Waals surface area contributed by atoms with Gasteiger partial charge in [-0.1, -0.05) is 25.5 Å². The summed E-state index contributed by atoms with van der Waals surface area (Å²) in [6.45, 7) is 4.94. The number of likely N-dealkylation sites (N-methyl/N-ethyl adjacent to an activating group) is 1. The maximum Gasteiger partial charge on any atom is 0.123 e. The highest BCUT2D eigenvalue weighted by Crippen LogP contribution is 2.22. The van der Waals surface area contributed by atoms with Gasteiger partial charge in [-0.2, -0.15) is 0 Å². The van der Waals surface area contributed by atoms with Crippen LogP contribution in [0, 0.1) is 5.82 Å². The van der Waals surface area contributed by atoms with E-state index in [0.29, 0.717) is 12.6 Å². The monoisotopic (exact) mass is 238 g/mol. The second-order valence-corrected chi connectivity index (χ2v) is 4.61. The van der Waals surface area contributed by atoms with Gasteiger partial charge in [-0.15, -0.1) is 0 Å². The van der Waals surface area contributed by atoms with E-state index in [2.05, 4.69) is 25.8 Å². The summed E-state index contributed by atoms with van der Waals surface area (Å²) in [5.74, 6) is -0.200. The molecular formula is C14H23FN2. The van der Waals surface area contributed by atoms with Crippen LogP contribution in [0.1, 0.15) is 38.3 Å². The molecule has 0 spiro atoms. The molecule has 96 valence electrons. The molecule has 1 aromatic rings. The van der Waals surface area contributed by atoms with Gasteiger partial charge in [0.15, 0.2) is 0 Å². The summed E-state index contributed by atoms with van der Waals surface area (Å²) in [5.41, 5.74) is 6.93. The Morgan fingerprint density at radius 3 is 2.35 bits per heavy atom. The average Bonchev–Trinajstić information content (AvgIpc) is 2.32. The lowest BCUT2D eigenvalue weighted by atomic mass is 10.0. The summed E-state index contributed by atoms with van der Waals surface area (Å²) in [7, 11) is 2.08. The third-order valence-corrected chi connectivity index (χ3v) is 3.37. The molecule has 2 unspecified atom stereocenters. The average molecular weight is 238 g/mol. The Morgan fingerprint density at radius 1 is 1.29 bits per heavy atom. The highest BCUT2D eigenvalue weighted by atomic mass is 19.1. The number of nitrogens with two attached hydrogens (primary N) is 1. The van der Waals surface area contributed by atoms with Crippen molar-refractivity contribution in [2.75, 3.05) is 13.6 Å². The van der Waals surface area contributed by atoms with Gasteiger partial charge in [0.25, 0.3) is 0 Å². The van der Waals surface area contributed by atoms with Crippen LogP contribution in [-0.2, 0) is 0 Å². The van der Waals surface area contributed by atoms with Crippen LogP contribution in [0.25, 0.3) is 0 Å². The van der Waals surface area contributed by atoms with Gasteiger partial charge < -0.3 is 5.73 Å². The maximum absolute atomic E-state index is 12.9. The predicted molar refractivity (Wildman–Crippen MR) is 70.3 cm³/mol. The number of benzene rings is 1. The first-order valence-electron chi connectivity index (χ1n) is 6.27. The van der Waals surface area contributed by atoms with Crippen LogP contribution in [0.15, 0.2) is 24.3 Å². The molecule has 1 aromatic carbocycles. The van der Waals surface area contributed by atoms with Crippen molar-refractivity contribution < 1.29 is 4.39 Å². The van der Waals surface area contributed by atoms with Gasteiger partial charge in [0, 0.05) is 18.6 Å². The number of nitrogens with zero attached hydrogens (tertiary/aromatic N) is 1. The Balaban J connectivity index is 2.79. The van der Waals surface area contributed by atoms with Crippen LogP contribution >= 0.6 is 0 Å². The summed E-state index contributed by atoms with van der Waals surface area (Å²) in [4.78, 5) is 2.27. The molecule has 0 bridgehead atoms. The van der Waals surface area contributed by atoms with Crippen LogP contribution in [0.2, 0.25) is 0 Å². The molecule has 0 heterocycles. The lowest BCUT2D eigenvalue weighted by Crippen LogP contribution is -2.37. The largest absolute Gasteiger partial charge is 0.329 e. The lowest BCUT2D eigenvalue weighted by Gasteiger charge is -2.32. The summed E-state index contributed by atoms with van der Waals surface area (Å²) >= 11 is 0. The standard InChI is InChI=1S/C14H23FN2/c1-4-5-11(2)17(3)14(10-16)12-6-8-13(15)9-7-12/h6-9,11,14H,4-5,10,16H2,1-3H3. The second kappa shape index (κ2) is 6.72. The number of rotatable bonds is 6. The molecule has 17 heavy (non-hydrogen) atoms. The fraction of sp³-hybridized carbons (Fsp3) is 0.571. The van der Waals surface area contributed by atoms with Gasteiger partial charge >= 0.3 is 0 Å². The van der Waals surface area contributed by atoms with Crippen LogP contribution in [0.3, 0.4) is 0 Å². The van der Waals surface area contributed by atoms with Gasteiger partial charge in [0.1, 0.15) is 5.82 Å². The molecule has 2 N–H and O–H groups in total. The second-order valence-electron chi connectivity index (χ2n) is 4.61. The SMILES string of the molecule is CCCC(C)N(C)C(CN)c1ccc(F)cc1. The Bertz CT molecular complexity index is 323. The van der Waals surface area contributed by atoms with Crippen molar-refractivity contribution in [2.24, 2.45) is 5.73 Å². The quantitative estimate of drug-likeness (QED) is 0.825. The number of hydrogen-bond donors (Lipinski definition) is 1. The molecule has 0 saturated heterocycles. The van der Waals surface area contributed by atoms with Crippen LogP contribution < -0.4 is 5.73 Å². The molecule has 0 aromatic heterocycles. The fourth-order valence-corrected chi connectivity index (χ4v) is 2.15. The van der Waals surface area contributed by atoms with Gasteiger partial charge in [-0.25, -0.2) is 4.39 Å². The Labute approximate surface area is 104 Å². The third kappa shape index (κ3) is 3.79. The molecule has 0 aliphatic heterocycles. The van der Waals surface area contributed by atoms with Crippen molar-refractivity contribution in [1.82, 2.24) is 4.90 Å².